The molecule has 0 fully saturated rings. The van der Waals surface area contributed by atoms with Crippen LogP contribution in [0.4, 0.5) is 0 Å². The number of aryl methyl sites for hydroxylation is 2. The van der Waals surface area contributed by atoms with Crippen molar-refractivity contribution >= 4 is 0 Å². The molecule has 0 saturated heterocycles. The van der Waals surface area contributed by atoms with Crippen molar-refractivity contribution in [2.45, 2.75) is 85.0 Å². The van der Waals surface area contributed by atoms with Crippen LogP contribution >= 0.6 is 0 Å². The van der Waals surface area contributed by atoms with Gasteiger partial charge in [0.05, 0.1) is 5.69 Å². The fraction of sp³-hybridized carbons (Fsp3) is 0.824. The Labute approximate surface area is 119 Å². The summed E-state index contributed by atoms with van der Waals surface area (Å²) in [6.45, 7) is 8.97. The van der Waals surface area contributed by atoms with Crippen molar-refractivity contribution in [2.24, 2.45) is 7.05 Å². The van der Waals surface area contributed by atoms with Crippen molar-refractivity contribution in [3.8, 4) is 0 Å². The first-order chi connectivity index (χ1) is 9.11. The van der Waals surface area contributed by atoms with Gasteiger partial charge in [-0.25, -0.2) is 0 Å². The molecule has 0 aliphatic rings. The van der Waals surface area contributed by atoms with Crippen molar-refractivity contribution < 1.29 is 0 Å². The average Bonchev–Trinajstić information content (AvgIpc) is 2.63. The van der Waals surface area contributed by atoms with E-state index in [1.54, 1.807) is 0 Å². The molecule has 0 spiro atoms. The largest absolute Gasteiger partial charge is 0.272 e. The molecule has 1 atom stereocenters. The van der Waals surface area contributed by atoms with Gasteiger partial charge in [0.15, 0.2) is 0 Å². The summed E-state index contributed by atoms with van der Waals surface area (Å²) in [5.41, 5.74) is 4.15. The molecule has 1 aromatic heterocycles. The Bertz CT molecular complexity index is 366. The molecule has 0 aliphatic carbocycles. The van der Waals surface area contributed by atoms with E-state index in [4.69, 9.17) is 0 Å². The van der Waals surface area contributed by atoms with Crippen molar-refractivity contribution in [2.75, 3.05) is 0 Å². The molecule has 0 bridgehead atoms. The number of rotatable bonds is 9. The lowest BCUT2D eigenvalue weighted by atomic mass is 9.87. The summed E-state index contributed by atoms with van der Waals surface area (Å²) in [4.78, 5) is 0. The third-order valence-electron chi connectivity index (χ3n) is 4.29. The van der Waals surface area contributed by atoms with Gasteiger partial charge < -0.3 is 0 Å². The zero-order valence-electron chi connectivity index (χ0n) is 13.6. The third-order valence-corrected chi connectivity index (χ3v) is 4.29. The van der Waals surface area contributed by atoms with Crippen LogP contribution in [0.25, 0.3) is 0 Å². The number of aromatic nitrogens is 2. The van der Waals surface area contributed by atoms with E-state index in [2.05, 4.69) is 44.5 Å². The monoisotopic (exact) mass is 264 g/mol. The Hall–Kier alpha value is -0.790. The summed E-state index contributed by atoms with van der Waals surface area (Å²) in [5.74, 6) is 0.727. The van der Waals surface area contributed by atoms with Crippen molar-refractivity contribution in [1.82, 2.24) is 9.78 Å². The molecule has 1 heterocycles. The summed E-state index contributed by atoms with van der Waals surface area (Å²) in [6.07, 6.45) is 10.8. The zero-order valence-corrected chi connectivity index (χ0v) is 13.6. The van der Waals surface area contributed by atoms with Crippen LogP contribution in [0.3, 0.4) is 0 Å². The number of hydrogen-bond acceptors (Lipinski definition) is 1. The van der Waals surface area contributed by atoms with Crippen LogP contribution in [0, 0.1) is 13.8 Å². The van der Waals surface area contributed by atoms with Gasteiger partial charge in [0.25, 0.3) is 0 Å². The second-order valence-electron chi connectivity index (χ2n) is 5.90. The molecule has 0 amide bonds. The predicted octanol–water partition coefficient (Wildman–Crippen LogP) is 5.28. The Morgan fingerprint density at radius 1 is 0.947 bits per heavy atom. The second-order valence-corrected chi connectivity index (χ2v) is 5.90. The van der Waals surface area contributed by atoms with Crippen molar-refractivity contribution in [1.29, 1.82) is 0 Å². The Morgan fingerprint density at radius 3 is 2.11 bits per heavy atom. The van der Waals surface area contributed by atoms with Crippen LogP contribution in [-0.4, -0.2) is 9.78 Å². The SMILES string of the molecule is CCCCCCC(CCCC)c1c(C)nn(C)c1C. The predicted molar refractivity (Wildman–Crippen MR) is 83.7 cm³/mol. The molecule has 110 valence electrons. The molecular weight excluding hydrogens is 232 g/mol. The van der Waals surface area contributed by atoms with E-state index in [9.17, 15) is 0 Å². The quantitative estimate of drug-likeness (QED) is 0.555. The highest BCUT2D eigenvalue weighted by Crippen LogP contribution is 2.32. The molecule has 2 heteroatoms. The molecule has 19 heavy (non-hydrogen) atoms. The van der Waals surface area contributed by atoms with E-state index in [-0.39, 0.29) is 0 Å². The highest BCUT2D eigenvalue weighted by atomic mass is 15.3. The maximum absolute atomic E-state index is 4.60. The van der Waals surface area contributed by atoms with Gasteiger partial charge in [-0.15, -0.1) is 0 Å². The first kappa shape index (κ1) is 16.3. The number of nitrogens with zero attached hydrogens (tertiary/aromatic N) is 2. The molecule has 0 aliphatic heterocycles. The van der Waals surface area contributed by atoms with E-state index in [1.165, 1.54) is 68.3 Å². The van der Waals surface area contributed by atoms with Gasteiger partial charge in [0.2, 0.25) is 0 Å². The number of unbranched alkanes of at least 4 members (excludes halogenated alkanes) is 4. The minimum atomic E-state index is 0.727. The molecule has 0 saturated carbocycles. The Kier molecular flexibility index (Phi) is 7.19. The van der Waals surface area contributed by atoms with E-state index in [1.807, 2.05) is 0 Å². The van der Waals surface area contributed by atoms with Gasteiger partial charge in [0, 0.05) is 12.7 Å². The van der Waals surface area contributed by atoms with Crippen LogP contribution in [0.1, 0.15) is 88.1 Å². The Morgan fingerprint density at radius 2 is 1.58 bits per heavy atom. The average molecular weight is 264 g/mol. The lowest BCUT2D eigenvalue weighted by molar-refractivity contribution is 0.505. The van der Waals surface area contributed by atoms with Crippen LogP contribution < -0.4 is 0 Å². The summed E-state index contributed by atoms with van der Waals surface area (Å²) >= 11 is 0. The normalized spacial score (nSPS) is 12.9. The van der Waals surface area contributed by atoms with E-state index in [0.717, 1.165) is 5.92 Å². The van der Waals surface area contributed by atoms with Gasteiger partial charge in [-0.3, -0.25) is 4.68 Å². The van der Waals surface area contributed by atoms with Crippen LogP contribution in [-0.2, 0) is 7.05 Å². The van der Waals surface area contributed by atoms with E-state index in [0.29, 0.717) is 0 Å². The summed E-state index contributed by atoms with van der Waals surface area (Å²) < 4.78 is 2.05. The first-order valence-electron chi connectivity index (χ1n) is 8.11. The fourth-order valence-electron chi connectivity index (χ4n) is 3.08. The van der Waals surface area contributed by atoms with Gasteiger partial charge in [0.1, 0.15) is 0 Å². The maximum Gasteiger partial charge on any atom is 0.0631 e. The molecule has 2 nitrogen and oxygen atoms in total. The second kappa shape index (κ2) is 8.39. The lowest BCUT2D eigenvalue weighted by Gasteiger charge is -2.17. The molecule has 1 rings (SSSR count). The van der Waals surface area contributed by atoms with Crippen LogP contribution in [0.2, 0.25) is 0 Å². The fourth-order valence-corrected chi connectivity index (χ4v) is 3.08. The highest BCUT2D eigenvalue weighted by Gasteiger charge is 2.19. The number of hydrogen-bond donors (Lipinski definition) is 0. The van der Waals surface area contributed by atoms with Gasteiger partial charge >= 0.3 is 0 Å². The molecule has 1 aromatic rings. The minimum Gasteiger partial charge on any atom is -0.272 e. The third kappa shape index (κ3) is 4.67. The van der Waals surface area contributed by atoms with E-state index >= 15 is 0 Å². The summed E-state index contributed by atoms with van der Waals surface area (Å²) in [6, 6.07) is 0. The van der Waals surface area contributed by atoms with Crippen LogP contribution in [0.5, 0.6) is 0 Å². The molecule has 1 unspecified atom stereocenters. The summed E-state index contributed by atoms with van der Waals surface area (Å²) in [5, 5.41) is 4.60. The van der Waals surface area contributed by atoms with Gasteiger partial charge in [-0.05, 0) is 38.2 Å². The smallest absolute Gasteiger partial charge is 0.0631 e. The van der Waals surface area contributed by atoms with Crippen molar-refractivity contribution in [3.63, 3.8) is 0 Å². The van der Waals surface area contributed by atoms with Gasteiger partial charge in [-0.2, -0.15) is 5.10 Å². The molecule has 0 radical (unpaired) electrons. The topological polar surface area (TPSA) is 17.8 Å². The molecule has 0 N–H and O–H groups in total. The Balaban J connectivity index is 2.71. The molecular formula is C17H32N2. The van der Waals surface area contributed by atoms with Crippen molar-refractivity contribution in [3.05, 3.63) is 17.0 Å². The zero-order chi connectivity index (χ0) is 14.3. The van der Waals surface area contributed by atoms with Crippen LogP contribution in [0.15, 0.2) is 0 Å². The minimum absolute atomic E-state index is 0.727. The highest BCUT2D eigenvalue weighted by molar-refractivity contribution is 5.28. The first-order valence-corrected chi connectivity index (χ1v) is 8.11. The molecule has 0 aromatic carbocycles. The van der Waals surface area contributed by atoms with Gasteiger partial charge in [-0.1, -0.05) is 52.4 Å². The summed E-state index contributed by atoms with van der Waals surface area (Å²) in [7, 11) is 2.07. The maximum atomic E-state index is 4.60. The standard InChI is InChI=1S/C17H32N2/c1-6-8-10-11-13-16(12-9-7-2)17-14(3)18-19(5)15(17)4/h16H,6-13H2,1-5H3. The van der Waals surface area contributed by atoms with E-state index < -0.39 is 0 Å². The lowest BCUT2D eigenvalue weighted by Crippen LogP contribution is -2.03.